The van der Waals surface area contributed by atoms with Crippen LogP contribution in [0.2, 0.25) is 0 Å². The molecule has 0 unspecified atom stereocenters. The predicted molar refractivity (Wildman–Crippen MR) is 603 cm³/mol. The molecule has 0 fully saturated rings. The first-order valence-corrected chi connectivity index (χ1v) is 52.0. The molecule has 696 valence electrons. The topological polar surface area (TPSA) is 51.9 Å². The van der Waals surface area contributed by atoms with Crippen molar-refractivity contribution in [2.45, 2.75) is 246 Å². The van der Waals surface area contributed by atoms with Gasteiger partial charge in [-0.05, 0) is 261 Å². The summed E-state index contributed by atoms with van der Waals surface area (Å²) in [6.45, 7) is 60.0. The van der Waals surface area contributed by atoms with E-state index in [2.05, 4.69) is 304 Å². The van der Waals surface area contributed by atoms with Gasteiger partial charge in [0, 0.05) is 38.7 Å². The van der Waals surface area contributed by atoms with E-state index in [0.29, 0.717) is 0 Å². The molecule has 6 heterocycles. The van der Waals surface area contributed by atoms with E-state index in [1.54, 1.807) is 0 Å². The Kier molecular flexibility index (Phi) is 37.7. The molecule has 6 nitrogen and oxygen atoms in total. The highest BCUT2D eigenvalue weighted by Gasteiger charge is 2.32. The van der Waals surface area contributed by atoms with E-state index in [0.717, 1.165) is 72.0 Å². The van der Waals surface area contributed by atoms with E-state index < -0.39 is 0 Å². The number of imidazole rings is 3. The van der Waals surface area contributed by atoms with Gasteiger partial charge in [0.25, 0.3) is 0 Å². The maximum Gasteiger partial charge on any atom is 0.146 e. The minimum Gasteiger partial charge on any atom is -0.292 e. The normalized spacial score (nSPS) is 11.2. The van der Waals surface area contributed by atoms with Gasteiger partial charge in [-0.3, -0.25) is 13.2 Å². The van der Waals surface area contributed by atoms with Crippen molar-refractivity contribution in [3.63, 3.8) is 0 Å². The lowest BCUT2D eigenvalue weighted by Gasteiger charge is -2.15. The van der Waals surface area contributed by atoms with E-state index in [9.17, 15) is 0 Å². The van der Waals surface area contributed by atoms with Gasteiger partial charge >= 0.3 is 0 Å². The third-order valence-electron chi connectivity index (χ3n) is 24.6. The van der Waals surface area contributed by atoms with Crippen molar-refractivity contribution in [3.8, 4) is 66.8 Å². The molecule has 21 aromatic rings. The van der Waals surface area contributed by atoms with Gasteiger partial charge in [-0.15, -0.1) is 0 Å². The maximum absolute atomic E-state index is 5.27. The molecule has 0 amide bonds. The van der Waals surface area contributed by atoms with E-state index in [1.807, 2.05) is 208 Å². The third kappa shape index (κ3) is 18.3. The lowest BCUT2D eigenvalue weighted by atomic mass is 9.94. The lowest BCUT2D eigenvalue weighted by Crippen LogP contribution is -1.98. The average Bonchev–Trinajstić information content (AvgIpc) is 1.53. The van der Waals surface area contributed by atoms with E-state index in [1.165, 1.54) is 215 Å². The molecule has 0 bridgehead atoms. The van der Waals surface area contributed by atoms with Crippen LogP contribution in [0.4, 0.5) is 0 Å². The van der Waals surface area contributed by atoms with E-state index in [4.69, 9.17) is 15.0 Å². The first-order valence-electron chi connectivity index (χ1n) is 52.0. The van der Waals surface area contributed by atoms with Crippen LogP contribution in [0.5, 0.6) is 0 Å². The van der Waals surface area contributed by atoms with Gasteiger partial charge in [0.15, 0.2) is 0 Å². The number of para-hydroxylation sites is 6. The van der Waals surface area contributed by atoms with Crippen LogP contribution >= 0.6 is 0 Å². The monoisotopic (exact) mass is 1780 g/mol. The molecule has 6 aliphatic carbocycles. The molecule has 27 rings (SSSR count). The minimum atomic E-state index is 0.962. The first kappa shape index (κ1) is 104. The van der Waals surface area contributed by atoms with E-state index >= 15 is 0 Å². The number of aromatic nitrogens is 6. The Labute approximate surface area is 808 Å². The summed E-state index contributed by atoms with van der Waals surface area (Å²) in [5.41, 5.74) is 47.1. The molecule has 0 saturated heterocycles. The number of hydrogen-bond donors (Lipinski definition) is 0. The fourth-order valence-corrected chi connectivity index (χ4v) is 20.1. The smallest absolute Gasteiger partial charge is 0.146 e. The number of nitrogens with zero attached hydrogens (tertiary/aromatic N) is 6. The Hall–Kier alpha value is -13.3. The van der Waals surface area contributed by atoms with Gasteiger partial charge in [0.1, 0.15) is 16.9 Å². The van der Waals surface area contributed by atoms with E-state index in [-0.39, 0.29) is 0 Å². The summed E-state index contributed by atoms with van der Waals surface area (Å²) in [4.78, 5) is 15.6. The van der Waals surface area contributed by atoms with Crippen molar-refractivity contribution in [2.75, 3.05) is 0 Å². The van der Waals surface area contributed by atoms with Crippen molar-refractivity contribution in [1.82, 2.24) is 28.2 Å². The number of pyridine rings is 3. The molecule has 15 aromatic carbocycles. The second kappa shape index (κ2) is 49.1. The Morgan fingerprint density at radius 1 is 0.163 bits per heavy atom. The molecule has 6 heteroatoms. The molecule has 0 aliphatic heterocycles. The summed E-state index contributed by atoms with van der Waals surface area (Å²) < 4.78 is 7.24. The molecule has 0 radical (unpaired) electrons. The van der Waals surface area contributed by atoms with Crippen molar-refractivity contribution in [3.05, 3.63) is 358 Å². The van der Waals surface area contributed by atoms with Crippen molar-refractivity contribution in [2.24, 2.45) is 0 Å². The van der Waals surface area contributed by atoms with Gasteiger partial charge in [-0.2, -0.15) is 0 Å². The highest BCUT2D eigenvalue weighted by atomic mass is 15.0. The second-order valence-corrected chi connectivity index (χ2v) is 29.9. The van der Waals surface area contributed by atoms with Crippen molar-refractivity contribution < 1.29 is 0 Å². The van der Waals surface area contributed by atoms with Gasteiger partial charge in [-0.1, -0.05) is 420 Å². The van der Waals surface area contributed by atoms with Gasteiger partial charge in [0.2, 0.25) is 0 Å². The summed E-state index contributed by atoms with van der Waals surface area (Å²) >= 11 is 0. The molecular weight excluding hydrogens is 1630 g/mol. The Morgan fingerprint density at radius 3 is 0.859 bits per heavy atom. The fraction of sp³-hybridized carbons (Fsp3) is 0.279. The van der Waals surface area contributed by atoms with Crippen LogP contribution < -0.4 is 0 Å². The van der Waals surface area contributed by atoms with Gasteiger partial charge in [-0.25, -0.2) is 15.0 Å². The zero-order valence-corrected chi connectivity index (χ0v) is 87.1. The molecule has 6 aliphatic rings. The number of fused-ring (bicyclic) bond motifs is 45. The zero-order valence-electron chi connectivity index (χ0n) is 87.1. The highest BCUT2D eigenvalue weighted by molar-refractivity contribution is 6.21. The van der Waals surface area contributed by atoms with Gasteiger partial charge < -0.3 is 0 Å². The molecular formula is C129H150N6. The molecule has 0 spiro atoms. The van der Waals surface area contributed by atoms with Crippen LogP contribution in [-0.2, 0) is 38.5 Å². The fourth-order valence-electron chi connectivity index (χ4n) is 20.1. The highest BCUT2D eigenvalue weighted by Crippen LogP contribution is 2.52. The molecule has 0 saturated carbocycles. The molecule has 6 aromatic heterocycles. The average molecular weight is 1780 g/mol. The SMILES string of the molecule is CC.CC.CC.CC.CC.CC.CC.CC.CC.CC.CC.CC.CC.CC.CC.c1ccc2c(c1)Cc1c-2ccc2c3ccc4c(c3n3c5ccccc5nc3c12)Cc1ccccc1-4.c1ccc2c(c1)Cc1cc3c(cc1-2)c1c2c(ccc1c1nc4ccccc4n31)-c1ccccc1C2.c1ccc2c(c1)Cc1cc3c4cc5c(cc4n4c6ccccc6nc4c3cc1-2)-c1ccccc1C5. The number of rotatable bonds is 0. The van der Waals surface area contributed by atoms with Crippen LogP contribution in [0.3, 0.4) is 0 Å². The summed E-state index contributed by atoms with van der Waals surface area (Å²) in [5, 5.41) is 11.7. The maximum atomic E-state index is 5.27. The molecule has 135 heavy (non-hydrogen) atoms. The summed E-state index contributed by atoms with van der Waals surface area (Å²) in [7, 11) is 0. The van der Waals surface area contributed by atoms with Crippen LogP contribution in [0.15, 0.2) is 291 Å². The number of benzene rings is 15. The van der Waals surface area contributed by atoms with Crippen LogP contribution in [-0.4, -0.2) is 28.2 Å². The van der Waals surface area contributed by atoms with Crippen LogP contribution in [0.1, 0.15) is 274 Å². The molecule has 0 atom stereocenters. The standard InChI is InChI=1S/3C33H20N2.15C2H6/c1-4-10-23-19(7-1)15-21-17-31-28(18-26(21)23)32-25(33-34-29-11-5-6-12-30(29)35(31)33)14-13-24-22-9-3-2-8-20(22)16-27(24)32;1-3-9-23-19(7-1)13-21-15-27-28-16-22-14-20-8-2-4-10-24(20)26(22)18-32(28)35-31-12-6-5-11-30(31)34-33(35)29(27)17-25(21)23;1-3-9-21-19(7-1)17-27-23(21)13-15-25-26-16-14-24-22-10-4-2-8-20(22)18-28(24)32(26)35-30-12-6-5-11-29(30)34-33(35)31(25)27;15*1-2/h1-14,17-18H,15-16H2;1-12,15-18H,13-14H2;1-16H,17-18H2;15*1-2H3. The summed E-state index contributed by atoms with van der Waals surface area (Å²) in [6, 6.07) is 107. The lowest BCUT2D eigenvalue weighted by molar-refractivity contribution is 1.22. The predicted octanol–water partition coefficient (Wildman–Crippen LogP) is 39.2. The summed E-state index contributed by atoms with van der Waals surface area (Å²) in [5.74, 6) is 0. The molecule has 0 N–H and O–H groups in total. The largest absolute Gasteiger partial charge is 0.292 e. The zero-order chi connectivity index (χ0) is 98.0. The van der Waals surface area contributed by atoms with Crippen molar-refractivity contribution in [1.29, 1.82) is 0 Å². The van der Waals surface area contributed by atoms with Crippen LogP contribution in [0, 0.1) is 0 Å². The second-order valence-electron chi connectivity index (χ2n) is 29.9. The minimum absolute atomic E-state index is 0.962. The Morgan fingerprint density at radius 2 is 0.444 bits per heavy atom. The quantitative estimate of drug-likeness (QED) is 0.142. The van der Waals surface area contributed by atoms with Gasteiger partial charge in [0.05, 0.1) is 49.7 Å². The Bertz CT molecular complexity index is 7590. The number of hydrogen-bond acceptors (Lipinski definition) is 3. The van der Waals surface area contributed by atoms with Crippen molar-refractivity contribution >= 4 is 115 Å². The third-order valence-corrected chi connectivity index (χ3v) is 24.6. The first-order chi connectivity index (χ1) is 67.0. The summed E-state index contributed by atoms with van der Waals surface area (Å²) in [6.07, 6.45) is 5.90. The Balaban J connectivity index is 0.000000184. The van der Waals surface area contributed by atoms with Crippen LogP contribution in [0.25, 0.3) is 182 Å².